The van der Waals surface area contributed by atoms with Gasteiger partial charge in [0, 0.05) is 23.9 Å². The number of carbonyl (C=O) groups excluding carboxylic acids is 2. The van der Waals surface area contributed by atoms with Gasteiger partial charge in [-0.25, -0.2) is 0 Å². The Balaban J connectivity index is 2.18. The molecule has 2 aromatic rings. The first-order chi connectivity index (χ1) is 15.2. The molecule has 6 nitrogen and oxygen atoms in total. The zero-order valence-electron chi connectivity index (χ0n) is 19.5. The van der Waals surface area contributed by atoms with Gasteiger partial charge in [0.2, 0.25) is 0 Å². The largest absolute Gasteiger partial charge is 0.507 e. The molecule has 0 aliphatic carbocycles. The number of pyridine rings is 1. The average Bonchev–Trinajstić information content (AvgIpc) is 3.02. The summed E-state index contributed by atoms with van der Waals surface area (Å²) in [6.45, 7) is 11.1. The summed E-state index contributed by atoms with van der Waals surface area (Å²) >= 11 is 0. The smallest absolute Gasteiger partial charge is 0.295 e. The molecule has 3 rings (SSSR count). The normalized spacial score (nSPS) is 18.3. The SMILES string of the molecule is CCCCN1C(=O)C(=O)/C(=C(\O)c2ccc(OCC)c(C(C)(C)C)c2)C1c1ccccn1. The van der Waals surface area contributed by atoms with E-state index in [9.17, 15) is 14.7 Å². The molecule has 0 saturated carbocycles. The molecular formula is C26H32N2O4. The van der Waals surface area contributed by atoms with Gasteiger partial charge in [-0.3, -0.25) is 14.6 Å². The molecule has 6 heteroatoms. The van der Waals surface area contributed by atoms with Gasteiger partial charge in [-0.15, -0.1) is 0 Å². The molecule has 1 atom stereocenters. The van der Waals surface area contributed by atoms with Crippen LogP contribution >= 0.6 is 0 Å². The number of hydrogen-bond acceptors (Lipinski definition) is 5. The summed E-state index contributed by atoms with van der Waals surface area (Å²) in [6.07, 6.45) is 3.27. The lowest BCUT2D eigenvalue weighted by atomic mass is 9.84. The Bertz CT molecular complexity index is 1020. The number of ether oxygens (including phenoxy) is 1. The van der Waals surface area contributed by atoms with Gasteiger partial charge in [0.1, 0.15) is 17.6 Å². The van der Waals surface area contributed by atoms with E-state index in [1.54, 1.807) is 24.4 Å². The summed E-state index contributed by atoms with van der Waals surface area (Å²) in [4.78, 5) is 31.9. The molecule has 1 unspecified atom stereocenters. The molecule has 1 aromatic carbocycles. The Morgan fingerprint density at radius 3 is 2.50 bits per heavy atom. The maximum absolute atomic E-state index is 13.1. The summed E-state index contributed by atoms with van der Waals surface area (Å²) in [5.74, 6) is -0.731. The molecule has 1 aromatic heterocycles. The van der Waals surface area contributed by atoms with Crippen molar-refractivity contribution in [1.29, 1.82) is 0 Å². The number of likely N-dealkylation sites (tertiary alicyclic amines) is 1. The zero-order valence-corrected chi connectivity index (χ0v) is 19.5. The van der Waals surface area contributed by atoms with Crippen molar-refractivity contribution in [2.75, 3.05) is 13.2 Å². The van der Waals surface area contributed by atoms with Crippen molar-refractivity contribution >= 4 is 17.4 Å². The summed E-state index contributed by atoms with van der Waals surface area (Å²) in [6, 6.07) is 10.0. The summed E-state index contributed by atoms with van der Waals surface area (Å²) in [5.41, 5.74) is 1.79. The lowest BCUT2D eigenvalue weighted by Gasteiger charge is -2.25. The Kier molecular flexibility index (Phi) is 7.02. The molecule has 1 aliphatic rings. The fourth-order valence-electron chi connectivity index (χ4n) is 3.98. The van der Waals surface area contributed by atoms with Gasteiger partial charge in [-0.2, -0.15) is 0 Å². The lowest BCUT2D eigenvalue weighted by Crippen LogP contribution is -2.31. The summed E-state index contributed by atoms with van der Waals surface area (Å²) in [7, 11) is 0. The number of aliphatic hydroxyl groups excluding tert-OH is 1. The van der Waals surface area contributed by atoms with Gasteiger partial charge in [0.15, 0.2) is 0 Å². The fourth-order valence-corrected chi connectivity index (χ4v) is 3.98. The van der Waals surface area contributed by atoms with Crippen LogP contribution in [0.15, 0.2) is 48.2 Å². The van der Waals surface area contributed by atoms with E-state index in [0.29, 0.717) is 24.4 Å². The molecule has 0 radical (unpaired) electrons. The van der Waals surface area contributed by atoms with Gasteiger partial charge in [-0.05, 0) is 49.1 Å². The van der Waals surface area contributed by atoms with E-state index in [2.05, 4.69) is 25.8 Å². The van der Waals surface area contributed by atoms with Crippen LogP contribution < -0.4 is 4.74 Å². The van der Waals surface area contributed by atoms with E-state index in [4.69, 9.17) is 4.74 Å². The van der Waals surface area contributed by atoms with Crippen LogP contribution in [0.1, 0.15) is 70.3 Å². The number of Topliss-reactive ketones (excluding diaryl/α,β-unsaturated/α-hetero) is 1. The second-order valence-electron chi connectivity index (χ2n) is 8.99. The maximum Gasteiger partial charge on any atom is 0.295 e. The molecular weight excluding hydrogens is 404 g/mol. The number of ketones is 1. The van der Waals surface area contributed by atoms with Crippen LogP contribution in [0.25, 0.3) is 5.76 Å². The second-order valence-corrected chi connectivity index (χ2v) is 8.99. The quantitative estimate of drug-likeness (QED) is 0.375. The predicted molar refractivity (Wildman–Crippen MR) is 124 cm³/mol. The Morgan fingerprint density at radius 1 is 1.16 bits per heavy atom. The molecule has 1 amide bonds. The van der Waals surface area contributed by atoms with Crippen LogP contribution in [0.3, 0.4) is 0 Å². The molecule has 0 bridgehead atoms. The van der Waals surface area contributed by atoms with Crippen molar-refractivity contribution in [3.63, 3.8) is 0 Å². The van der Waals surface area contributed by atoms with Gasteiger partial charge in [0.25, 0.3) is 11.7 Å². The monoisotopic (exact) mass is 436 g/mol. The summed E-state index contributed by atoms with van der Waals surface area (Å²) < 4.78 is 5.78. The van der Waals surface area contributed by atoms with Crippen molar-refractivity contribution in [2.45, 2.75) is 58.9 Å². The number of aliphatic hydroxyl groups is 1. The standard InChI is InChI=1S/C26H32N2O4/c1-6-8-15-28-22(19-11-9-10-14-27-19)21(24(30)25(28)31)23(29)17-12-13-20(32-7-2)18(16-17)26(3,4)5/h9-14,16,22,29H,6-8,15H2,1-5H3/b23-21-. The van der Waals surface area contributed by atoms with E-state index in [-0.39, 0.29) is 16.7 Å². The van der Waals surface area contributed by atoms with Crippen molar-refractivity contribution in [3.8, 4) is 5.75 Å². The number of benzene rings is 1. The molecule has 1 aliphatic heterocycles. The number of nitrogens with zero attached hydrogens (tertiary/aromatic N) is 2. The van der Waals surface area contributed by atoms with Gasteiger partial charge < -0.3 is 14.7 Å². The van der Waals surface area contributed by atoms with Crippen LogP contribution in [0, 0.1) is 0 Å². The minimum atomic E-state index is -0.715. The van der Waals surface area contributed by atoms with E-state index < -0.39 is 17.7 Å². The third kappa shape index (κ3) is 4.54. The molecule has 1 saturated heterocycles. The van der Waals surface area contributed by atoms with E-state index in [1.165, 1.54) is 4.90 Å². The molecule has 1 N–H and O–H groups in total. The van der Waals surface area contributed by atoms with E-state index in [1.807, 2.05) is 32.0 Å². The van der Waals surface area contributed by atoms with Gasteiger partial charge in [0.05, 0.1) is 17.9 Å². The van der Waals surface area contributed by atoms with Crippen LogP contribution in [-0.4, -0.2) is 39.8 Å². The first-order valence-electron chi connectivity index (χ1n) is 11.2. The minimum Gasteiger partial charge on any atom is -0.507 e. The Hall–Kier alpha value is -3.15. The molecule has 1 fully saturated rings. The van der Waals surface area contributed by atoms with E-state index >= 15 is 0 Å². The maximum atomic E-state index is 13.1. The average molecular weight is 437 g/mol. The van der Waals surface area contributed by atoms with Crippen molar-refractivity contribution in [2.24, 2.45) is 0 Å². The van der Waals surface area contributed by atoms with Gasteiger partial charge >= 0.3 is 0 Å². The zero-order chi connectivity index (χ0) is 23.5. The molecule has 2 heterocycles. The molecule has 32 heavy (non-hydrogen) atoms. The highest BCUT2D eigenvalue weighted by Crippen LogP contribution is 2.40. The molecule has 170 valence electrons. The van der Waals surface area contributed by atoms with Crippen LogP contribution in [-0.2, 0) is 15.0 Å². The van der Waals surface area contributed by atoms with Crippen molar-refractivity contribution in [1.82, 2.24) is 9.88 Å². The highest BCUT2D eigenvalue weighted by atomic mass is 16.5. The Labute approximate surface area is 189 Å². The fraction of sp³-hybridized carbons (Fsp3) is 0.423. The number of aromatic nitrogens is 1. The topological polar surface area (TPSA) is 79.7 Å². The first kappa shape index (κ1) is 23.5. The first-order valence-corrected chi connectivity index (χ1v) is 11.2. The number of hydrogen-bond donors (Lipinski definition) is 1. The highest BCUT2D eigenvalue weighted by Gasteiger charge is 2.46. The van der Waals surface area contributed by atoms with Gasteiger partial charge in [-0.1, -0.05) is 40.2 Å². The highest BCUT2D eigenvalue weighted by molar-refractivity contribution is 6.46. The van der Waals surface area contributed by atoms with Crippen molar-refractivity contribution < 1.29 is 19.4 Å². The minimum absolute atomic E-state index is 0.0776. The predicted octanol–water partition coefficient (Wildman–Crippen LogP) is 5.00. The van der Waals surface area contributed by atoms with Crippen molar-refractivity contribution in [3.05, 3.63) is 65.0 Å². The third-order valence-electron chi connectivity index (χ3n) is 5.62. The lowest BCUT2D eigenvalue weighted by molar-refractivity contribution is -0.140. The Morgan fingerprint density at radius 2 is 1.91 bits per heavy atom. The number of carbonyl (C=O) groups is 2. The van der Waals surface area contributed by atoms with Crippen LogP contribution in [0.4, 0.5) is 0 Å². The number of unbranched alkanes of at least 4 members (excludes halogenated alkanes) is 1. The second kappa shape index (κ2) is 9.55. The molecule has 0 spiro atoms. The number of rotatable bonds is 7. The third-order valence-corrected chi connectivity index (χ3v) is 5.62. The van der Waals surface area contributed by atoms with Crippen LogP contribution in [0.2, 0.25) is 0 Å². The number of amides is 1. The summed E-state index contributed by atoms with van der Waals surface area (Å²) in [5, 5.41) is 11.3. The van der Waals surface area contributed by atoms with Crippen LogP contribution in [0.5, 0.6) is 5.75 Å². The van der Waals surface area contributed by atoms with E-state index in [0.717, 1.165) is 24.2 Å².